The van der Waals surface area contributed by atoms with E-state index in [1.165, 1.54) is 6.33 Å². The molecule has 1 amide bonds. The van der Waals surface area contributed by atoms with Gasteiger partial charge in [-0.25, -0.2) is 9.97 Å². The summed E-state index contributed by atoms with van der Waals surface area (Å²) in [6.07, 6.45) is 2.80. The van der Waals surface area contributed by atoms with Gasteiger partial charge < -0.3 is 15.3 Å². The predicted molar refractivity (Wildman–Crippen MR) is 88.2 cm³/mol. The highest BCUT2D eigenvalue weighted by Crippen LogP contribution is 2.26. The van der Waals surface area contributed by atoms with E-state index >= 15 is 0 Å². The van der Waals surface area contributed by atoms with Gasteiger partial charge in [0.15, 0.2) is 0 Å². The van der Waals surface area contributed by atoms with Crippen molar-refractivity contribution in [3.63, 3.8) is 0 Å². The summed E-state index contributed by atoms with van der Waals surface area (Å²) in [5.74, 6) is 1.12. The van der Waals surface area contributed by atoms with Crippen molar-refractivity contribution in [1.29, 1.82) is 0 Å². The van der Waals surface area contributed by atoms with E-state index in [1.807, 2.05) is 41.3 Å². The second-order valence-electron chi connectivity index (χ2n) is 5.66. The van der Waals surface area contributed by atoms with Gasteiger partial charge in [0.25, 0.3) is 0 Å². The zero-order chi connectivity index (χ0) is 16.1. The molecule has 1 aromatic heterocycles. The van der Waals surface area contributed by atoms with Crippen molar-refractivity contribution in [3.05, 3.63) is 48.4 Å². The Balaban J connectivity index is 1.64. The van der Waals surface area contributed by atoms with Crippen LogP contribution in [-0.4, -0.2) is 40.7 Å². The number of anilines is 2. The minimum Gasteiger partial charge on any atom is -0.395 e. The molecular weight excluding hydrogens is 292 g/mol. The standard InChI is InChI=1S/C17H20N4O2/c22-7-6-18-16-10-14(19-12-20-16)8-13-9-17(23)21(11-13)15-4-2-1-3-5-15/h1-5,10,12-13,22H,6-9,11H2,(H,18,19,20)/t13-/m0/s1. The number of benzene rings is 1. The van der Waals surface area contributed by atoms with Crippen LogP contribution in [-0.2, 0) is 11.2 Å². The van der Waals surface area contributed by atoms with Crippen molar-refractivity contribution in [2.45, 2.75) is 12.8 Å². The molecular formula is C17H20N4O2. The van der Waals surface area contributed by atoms with Crippen LogP contribution >= 0.6 is 0 Å². The van der Waals surface area contributed by atoms with Crippen molar-refractivity contribution < 1.29 is 9.90 Å². The Hall–Kier alpha value is -2.47. The Morgan fingerprint density at radius 2 is 2.09 bits per heavy atom. The molecule has 0 aliphatic carbocycles. The van der Waals surface area contributed by atoms with Gasteiger partial charge in [-0.05, 0) is 24.5 Å². The fourth-order valence-corrected chi connectivity index (χ4v) is 2.86. The molecule has 2 N–H and O–H groups in total. The number of aliphatic hydroxyl groups is 1. The van der Waals surface area contributed by atoms with Gasteiger partial charge in [-0.2, -0.15) is 0 Å². The van der Waals surface area contributed by atoms with Crippen LogP contribution in [0.4, 0.5) is 11.5 Å². The molecule has 0 bridgehead atoms. The first-order valence-corrected chi connectivity index (χ1v) is 7.77. The van der Waals surface area contributed by atoms with Crippen molar-refractivity contribution in [2.24, 2.45) is 5.92 Å². The third kappa shape index (κ3) is 3.84. The lowest BCUT2D eigenvalue weighted by Crippen LogP contribution is -2.24. The number of nitrogens with one attached hydrogen (secondary N) is 1. The molecule has 1 aromatic carbocycles. The number of hydrogen-bond donors (Lipinski definition) is 2. The van der Waals surface area contributed by atoms with Gasteiger partial charge in [-0.15, -0.1) is 0 Å². The van der Waals surface area contributed by atoms with Crippen LogP contribution in [0.15, 0.2) is 42.7 Å². The maximum Gasteiger partial charge on any atom is 0.227 e. The summed E-state index contributed by atoms with van der Waals surface area (Å²) < 4.78 is 0. The molecule has 1 fully saturated rings. The molecule has 0 radical (unpaired) electrons. The lowest BCUT2D eigenvalue weighted by Gasteiger charge is -2.16. The summed E-state index contributed by atoms with van der Waals surface area (Å²) >= 11 is 0. The van der Waals surface area contributed by atoms with Gasteiger partial charge in [0.2, 0.25) is 5.91 Å². The number of para-hydroxylation sites is 1. The molecule has 2 aromatic rings. The van der Waals surface area contributed by atoms with Crippen molar-refractivity contribution in [2.75, 3.05) is 29.9 Å². The van der Waals surface area contributed by atoms with Crippen LogP contribution in [0.25, 0.3) is 0 Å². The Morgan fingerprint density at radius 3 is 2.87 bits per heavy atom. The molecule has 0 spiro atoms. The van der Waals surface area contributed by atoms with E-state index in [0.717, 1.165) is 17.8 Å². The molecule has 1 saturated heterocycles. The first-order chi connectivity index (χ1) is 11.3. The van der Waals surface area contributed by atoms with E-state index in [0.29, 0.717) is 25.3 Å². The summed E-state index contributed by atoms with van der Waals surface area (Å²) in [5.41, 5.74) is 1.86. The molecule has 6 heteroatoms. The summed E-state index contributed by atoms with van der Waals surface area (Å²) in [4.78, 5) is 22.5. The number of carbonyl (C=O) groups is 1. The van der Waals surface area contributed by atoms with Crippen LogP contribution in [0.1, 0.15) is 12.1 Å². The Morgan fingerprint density at radius 1 is 1.26 bits per heavy atom. The van der Waals surface area contributed by atoms with Gasteiger partial charge in [-0.1, -0.05) is 18.2 Å². The van der Waals surface area contributed by atoms with Crippen molar-refractivity contribution >= 4 is 17.4 Å². The van der Waals surface area contributed by atoms with Crippen molar-refractivity contribution in [1.82, 2.24) is 9.97 Å². The quantitative estimate of drug-likeness (QED) is 0.844. The number of aromatic nitrogens is 2. The molecule has 2 heterocycles. The largest absolute Gasteiger partial charge is 0.395 e. The maximum atomic E-state index is 12.2. The van der Waals surface area contributed by atoms with Gasteiger partial charge in [0.1, 0.15) is 12.1 Å². The molecule has 6 nitrogen and oxygen atoms in total. The van der Waals surface area contributed by atoms with Crippen LogP contribution in [0.2, 0.25) is 0 Å². The molecule has 0 unspecified atom stereocenters. The molecule has 3 rings (SSSR count). The van der Waals surface area contributed by atoms with Crippen LogP contribution in [0.3, 0.4) is 0 Å². The Kier molecular flexibility index (Phi) is 4.83. The zero-order valence-electron chi connectivity index (χ0n) is 12.9. The minimum absolute atomic E-state index is 0.0580. The van der Waals surface area contributed by atoms with E-state index in [1.54, 1.807) is 0 Å². The zero-order valence-corrected chi connectivity index (χ0v) is 12.9. The smallest absolute Gasteiger partial charge is 0.227 e. The molecule has 23 heavy (non-hydrogen) atoms. The average molecular weight is 312 g/mol. The fraction of sp³-hybridized carbons (Fsp3) is 0.353. The normalized spacial score (nSPS) is 17.5. The van der Waals surface area contributed by atoms with Crippen LogP contribution in [0.5, 0.6) is 0 Å². The second kappa shape index (κ2) is 7.19. The first kappa shape index (κ1) is 15.4. The molecule has 1 atom stereocenters. The van der Waals surface area contributed by atoms with E-state index in [-0.39, 0.29) is 18.4 Å². The topological polar surface area (TPSA) is 78.3 Å². The third-order valence-corrected chi connectivity index (χ3v) is 3.91. The van der Waals surface area contributed by atoms with Crippen LogP contribution in [0, 0.1) is 5.92 Å². The Labute approximate surface area is 135 Å². The van der Waals surface area contributed by atoms with Crippen molar-refractivity contribution in [3.8, 4) is 0 Å². The minimum atomic E-state index is 0.0580. The number of nitrogens with zero attached hydrogens (tertiary/aromatic N) is 3. The number of amides is 1. The number of aliphatic hydroxyl groups excluding tert-OH is 1. The summed E-state index contributed by atoms with van der Waals surface area (Å²) in [6.45, 7) is 1.23. The first-order valence-electron chi connectivity index (χ1n) is 7.77. The van der Waals surface area contributed by atoms with Gasteiger partial charge in [-0.3, -0.25) is 4.79 Å². The average Bonchev–Trinajstić information content (AvgIpc) is 2.94. The van der Waals surface area contributed by atoms with Gasteiger partial charge >= 0.3 is 0 Å². The fourth-order valence-electron chi connectivity index (χ4n) is 2.86. The highest BCUT2D eigenvalue weighted by molar-refractivity contribution is 5.95. The van der Waals surface area contributed by atoms with E-state index in [9.17, 15) is 4.79 Å². The predicted octanol–water partition coefficient (Wildman–Crippen LogP) is 1.48. The Bertz CT molecular complexity index is 663. The lowest BCUT2D eigenvalue weighted by atomic mass is 10.0. The van der Waals surface area contributed by atoms with Crippen LogP contribution < -0.4 is 10.2 Å². The maximum absolute atomic E-state index is 12.2. The monoisotopic (exact) mass is 312 g/mol. The highest BCUT2D eigenvalue weighted by Gasteiger charge is 2.30. The molecule has 1 aliphatic rings. The molecule has 0 saturated carbocycles. The van der Waals surface area contributed by atoms with E-state index in [2.05, 4.69) is 15.3 Å². The number of carbonyl (C=O) groups excluding carboxylic acids is 1. The summed E-state index contributed by atoms with van der Waals surface area (Å²) in [7, 11) is 0. The summed E-state index contributed by atoms with van der Waals surface area (Å²) in [6, 6.07) is 11.6. The summed E-state index contributed by atoms with van der Waals surface area (Å²) in [5, 5.41) is 11.9. The highest BCUT2D eigenvalue weighted by atomic mass is 16.3. The number of hydrogen-bond acceptors (Lipinski definition) is 5. The lowest BCUT2D eigenvalue weighted by molar-refractivity contribution is -0.117. The number of rotatable bonds is 6. The van der Waals surface area contributed by atoms with Gasteiger partial charge in [0, 0.05) is 37.0 Å². The van der Waals surface area contributed by atoms with Gasteiger partial charge in [0.05, 0.1) is 6.61 Å². The molecule has 120 valence electrons. The third-order valence-electron chi connectivity index (χ3n) is 3.91. The second-order valence-corrected chi connectivity index (χ2v) is 5.66. The van der Waals surface area contributed by atoms with E-state index in [4.69, 9.17) is 5.11 Å². The SMILES string of the molecule is O=C1C[C@H](Cc2cc(NCCO)ncn2)CN1c1ccccc1. The van der Waals surface area contributed by atoms with E-state index < -0.39 is 0 Å². The molecule has 1 aliphatic heterocycles.